The molecule has 0 aromatic heterocycles. The molecule has 0 bridgehead atoms. The number of hydrogen-bond donors (Lipinski definition) is 1. The van der Waals surface area contributed by atoms with Crippen LogP contribution in [0.5, 0.6) is 17.2 Å². The van der Waals surface area contributed by atoms with Crippen molar-refractivity contribution in [1.29, 1.82) is 0 Å². The summed E-state index contributed by atoms with van der Waals surface area (Å²) in [6.45, 7) is 1.72. The summed E-state index contributed by atoms with van der Waals surface area (Å²) in [6.07, 6.45) is -0.00120. The van der Waals surface area contributed by atoms with Crippen LogP contribution in [-0.2, 0) is 6.42 Å². The smallest absolute Gasteiger partial charge is 0.167 e. The van der Waals surface area contributed by atoms with E-state index in [0.717, 1.165) is 5.56 Å². The summed E-state index contributed by atoms with van der Waals surface area (Å²) in [5.41, 5.74) is 0.819. The molecular formula is C12H18O4. The summed E-state index contributed by atoms with van der Waals surface area (Å²) in [5.74, 6) is 1.94. The Labute approximate surface area is 95.8 Å². The minimum Gasteiger partial charge on any atom is -0.496 e. The van der Waals surface area contributed by atoms with E-state index in [1.807, 2.05) is 0 Å². The fourth-order valence-electron chi connectivity index (χ4n) is 1.65. The fourth-order valence-corrected chi connectivity index (χ4v) is 1.65. The van der Waals surface area contributed by atoms with Crippen molar-refractivity contribution in [3.05, 3.63) is 17.7 Å². The Balaban J connectivity index is 3.25. The van der Waals surface area contributed by atoms with E-state index in [1.165, 1.54) is 0 Å². The van der Waals surface area contributed by atoms with Gasteiger partial charge in [-0.05, 0) is 19.1 Å². The zero-order valence-corrected chi connectivity index (χ0v) is 10.1. The second-order valence-electron chi connectivity index (χ2n) is 3.54. The van der Waals surface area contributed by atoms with Gasteiger partial charge in [-0.1, -0.05) is 0 Å². The van der Waals surface area contributed by atoms with E-state index in [0.29, 0.717) is 23.7 Å². The second kappa shape index (κ2) is 5.61. The molecule has 4 nitrogen and oxygen atoms in total. The van der Waals surface area contributed by atoms with Crippen molar-refractivity contribution in [2.24, 2.45) is 0 Å². The molecule has 0 radical (unpaired) electrons. The molecule has 0 amide bonds. The lowest BCUT2D eigenvalue weighted by atomic mass is 10.1. The lowest BCUT2D eigenvalue weighted by Crippen LogP contribution is -2.08. The summed E-state index contributed by atoms with van der Waals surface area (Å²) in [4.78, 5) is 0. The molecular weight excluding hydrogens is 208 g/mol. The van der Waals surface area contributed by atoms with Crippen LogP contribution in [-0.4, -0.2) is 32.5 Å². The van der Waals surface area contributed by atoms with E-state index >= 15 is 0 Å². The van der Waals surface area contributed by atoms with Crippen molar-refractivity contribution in [3.63, 3.8) is 0 Å². The first-order valence-electron chi connectivity index (χ1n) is 5.10. The lowest BCUT2D eigenvalue weighted by Gasteiger charge is -2.16. The predicted molar refractivity (Wildman–Crippen MR) is 61.5 cm³/mol. The van der Waals surface area contributed by atoms with Crippen LogP contribution in [0, 0.1) is 0 Å². The van der Waals surface area contributed by atoms with Crippen LogP contribution in [0.15, 0.2) is 12.1 Å². The maximum atomic E-state index is 9.46. The van der Waals surface area contributed by atoms with E-state index in [1.54, 1.807) is 40.4 Å². The third-order valence-corrected chi connectivity index (χ3v) is 2.32. The highest BCUT2D eigenvalue weighted by Gasteiger charge is 2.16. The molecule has 1 aromatic carbocycles. The van der Waals surface area contributed by atoms with Gasteiger partial charge in [0.2, 0.25) is 0 Å². The van der Waals surface area contributed by atoms with Gasteiger partial charge in [0.05, 0.1) is 27.4 Å². The molecule has 0 saturated carbocycles. The van der Waals surface area contributed by atoms with Gasteiger partial charge in [-0.15, -0.1) is 0 Å². The summed E-state index contributed by atoms with van der Waals surface area (Å²) in [5, 5.41) is 9.46. The summed E-state index contributed by atoms with van der Waals surface area (Å²) in [7, 11) is 4.74. The first kappa shape index (κ1) is 12.6. The predicted octanol–water partition coefficient (Wildman–Crippen LogP) is 1.64. The van der Waals surface area contributed by atoms with Crippen LogP contribution in [0.4, 0.5) is 0 Å². The Morgan fingerprint density at radius 1 is 1.06 bits per heavy atom. The number of aliphatic hydroxyl groups is 1. The normalized spacial score (nSPS) is 12.1. The van der Waals surface area contributed by atoms with Crippen molar-refractivity contribution >= 4 is 0 Å². The van der Waals surface area contributed by atoms with Gasteiger partial charge in [-0.25, -0.2) is 0 Å². The first-order valence-corrected chi connectivity index (χ1v) is 5.10. The van der Waals surface area contributed by atoms with Crippen LogP contribution in [0.2, 0.25) is 0 Å². The van der Waals surface area contributed by atoms with E-state index in [4.69, 9.17) is 14.2 Å². The molecule has 90 valence electrons. The summed E-state index contributed by atoms with van der Waals surface area (Å²) < 4.78 is 15.7. The third-order valence-electron chi connectivity index (χ3n) is 2.32. The van der Waals surface area contributed by atoms with E-state index < -0.39 is 6.10 Å². The quantitative estimate of drug-likeness (QED) is 0.829. The van der Waals surface area contributed by atoms with Gasteiger partial charge in [0.15, 0.2) is 11.5 Å². The van der Waals surface area contributed by atoms with Gasteiger partial charge >= 0.3 is 0 Å². The van der Waals surface area contributed by atoms with Gasteiger partial charge in [0.25, 0.3) is 0 Å². The summed E-state index contributed by atoms with van der Waals surface area (Å²) >= 11 is 0. The van der Waals surface area contributed by atoms with Gasteiger partial charge in [0, 0.05) is 12.0 Å². The first-order chi connectivity index (χ1) is 7.63. The number of benzene rings is 1. The molecule has 1 rings (SSSR count). The Hall–Kier alpha value is -1.42. The largest absolute Gasteiger partial charge is 0.496 e. The van der Waals surface area contributed by atoms with Crippen molar-refractivity contribution in [2.45, 2.75) is 19.4 Å². The Bertz CT molecular complexity index is 347. The SMILES string of the molecule is COc1ccc(OC)c(OC)c1CC(C)O. The van der Waals surface area contributed by atoms with Crippen LogP contribution in [0.1, 0.15) is 12.5 Å². The van der Waals surface area contributed by atoms with Gasteiger partial charge < -0.3 is 19.3 Å². The topological polar surface area (TPSA) is 47.9 Å². The number of ether oxygens (including phenoxy) is 3. The molecule has 16 heavy (non-hydrogen) atoms. The van der Waals surface area contributed by atoms with Crippen molar-refractivity contribution in [1.82, 2.24) is 0 Å². The number of hydrogen-bond acceptors (Lipinski definition) is 4. The van der Waals surface area contributed by atoms with E-state index in [2.05, 4.69) is 0 Å². The third kappa shape index (κ3) is 2.58. The van der Waals surface area contributed by atoms with E-state index in [9.17, 15) is 5.11 Å². The van der Waals surface area contributed by atoms with Gasteiger partial charge in [0.1, 0.15) is 5.75 Å². The molecule has 0 aliphatic carbocycles. The molecule has 4 heteroatoms. The maximum absolute atomic E-state index is 9.46. The zero-order chi connectivity index (χ0) is 12.1. The lowest BCUT2D eigenvalue weighted by molar-refractivity contribution is 0.192. The number of aliphatic hydroxyl groups excluding tert-OH is 1. The standard InChI is InChI=1S/C12H18O4/c1-8(13)7-9-10(14-2)5-6-11(15-3)12(9)16-4/h5-6,8,13H,7H2,1-4H3. The molecule has 0 saturated heterocycles. The molecule has 1 unspecified atom stereocenters. The highest BCUT2D eigenvalue weighted by molar-refractivity contribution is 5.54. The van der Waals surface area contributed by atoms with Gasteiger partial charge in [-0.3, -0.25) is 0 Å². The Morgan fingerprint density at radius 3 is 2.06 bits per heavy atom. The Kier molecular flexibility index (Phi) is 4.43. The van der Waals surface area contributed by atoms with Crippen molar-refractivity contribution < 1.29 is 19.3 Å². The fraction of sp³-hybridized carbons (Fsp3) is 0.500. The molecule has 0 heterocycles. The molecule has 1 N–H and O–H groups in total. The molecule has 0 aliphatic rings. The number of rotatable bonds is 5. The highest BCUT2D eigenvalue weighted by atomic mass is 16.5. The Morgan fingerprint density at radius 2 is 1.62 bits per heavy atom. The van der Waals surface area contributed by atoms with Gasteiger partial charge in [-0.2, -0.15) is 0 Å². The minimum atomic E-state index is -0.463. The van der Waals surface area contributed by atoms with E-state index in [-0.39, 0.29) is 0 Å². The summed E-state index contributed by atoms with van der Waals surface area (Å²) in [6, 6.07) is 3.59. The molecule has 0 fully saturated rings. The minimum absolute atomic E-state index is 0.462. The average molecular weight is 226 g/mol. The average Bonchev–Trinajstić information content (AvgIpc) is 2.27. The van der Waals surface area contributed by atoms with Crippen molar-refractivity contribution in [3.8, 4) is 17.2 Å². The second-order valence-corrected chi connectivity index (χ2v) is 3.54. The van der Waals surface area contributed by atoms with Crippen LogP contribution in [0.25, 0.3) is 0 Å². The van der Waals surface area contributed by atoms with Crippen LogP contribution < -0.4 is 14.2 Å². The highest BCUT2D eigenvalue weighted by Crippen LogP contribution is 2.37. The molecule has 0 aliphatic heterocycles. The van der Waals surface area contributed by atoms with Crippen LogP contribution in [0.3, 0.4) is 0 Å². The monoisotopic (exact) mass is 226 g/mol. The zero-order valence-electron chi connectivity index (χ0n) is 10.1. The van der Waals surface area contributed by atoms with Crippen molar-refractivity contribution in [2.75, 3.05) is 21.3 Å². The van der Waals surface area contributed by atoms with Crippen LogP contribution >= 0.6 is 0 Å². The number of methoxy groups -OCH3 is 3. The molecule has 1 atom stereocenters. The maximum Gasteiger partial charge on any atom is 0.167 e. The molecule has 0 spiro atoms. The molecule has 1 aromatic rings.